The van der Waals surface area contributed by atoms with E-state index in [1.807, 2.05) is 6.92 Å². The average molecular weight is 258 g/mol. The van der Waals surface area contributed by atoms with Crippen LogP contribution in [0.25, 0.3) is 0 Å². The molecule has 2 atom stereocenters. The lowest BCUT2D eigenvalue weighted by molar-refractivity contribution is -0.124. The Hall–Kier alpha value is -0.153. The molecule has 3 heteroatoms. The molecule has 2 nitrogen and oxygen atoms in total. The molecule has 0 saturated heterocycles. The third-order valence-corrected chi connectivity index (χ3v) is 8.50. The smallest absolute Gasteiger partial charge is 0.192 e. The van der Waals surface area contributed by atoms with E-state index < -0.39 is 8.32 Å². The van der Waals surface area contributed by atoms with Gasteiger partial charge in [-0.05, 0) is 31.0 Å². The molecule has 0 rings (SSSR count). The van der Waals surface area contributed by atoms with Gasteiger partial charge in [0, 0.05) is 5.92 Å². The lowest BCUT2D eigenvalue weighted by Crippen LogP contribution is -2.48. The minimum Gasteiger partial charge on any atom is -0.413 e. The summed E-state index contributed by atoms with van der Waals surface area (Å²) in [6.07, 6.45) is 0.0494. The van der Waals surface area contributed by atoms with Crippen molar-refractivity contribution in [2.75, 3.05) is 0 Å². The van der Waals surface area contributed by atoms with Crippen molar-refractivity contribution in [3.05, 3.63) is 0 Å². The molecule has 0 aliphatic rings. The van der Waals surface area contributed by atoms with Gasteiger partial charge in [0.05, 0.1) is 6.10 Å². The van der Waals surface area contributed by atoms with Crippen molar-refractivity contribution in [2.24, 2.45) is 11.8 Å². The van der Waals surface area contributed by atoms with Gasteiger partial charge in [-0.2, -0.15) is 0 Å². The number of carbonyl (C=O) groups is 1. The van der Waals surface area contributed by atoms with Crippen LogP contribution in [0.2, 0.25) is 18.1 Å². The van der Waals surface area contributed by atoms with Crippen molar-refractivity contribution in [3.63, 3.8) is 0 Å². The zero-order valence-corrected chi connectivity index (χ0v) is 14.0. The lowest BCUT2D eigenvalue weighted by Gasteiger charge is -2.41. The molecule has 0 radical (unpaired) electrons. The Kier molecular flexibility index (Phi) is 5.61. The summed E-state index contributed by atoms with van der Waals surface area (Å²) in [5.41, 5.74) is 0. The molecular weight excluding hydrogens is 228 g/mol. The highest BCUT2D eigenvalue weighted by Crippen LogP contribution is 2.39. The van der Waals surface area contributed by atoms with Crippen molar-refractivity contribution in [1.82, 2.24) is 0 Å². The summed E-state index contributed by atoms with van der Waals surface area (Å²) in [5, 5.41) is 0.191. The minimum absolute atomic E-state index is 0.0101. The molecule has 17 heavy (non-hydrogen) atoms. The molecule has 0 N–H and O–H groups in total. The van der Waals surface area contributed by atoms with E-state index in [9.17, 15) is 4.79 Å². The van der Waals surface area contributed by atoms with E-state index >= 15 is 0 Å². The van der Waals surface area contributed by atoms with Gasteiger partial charge < -0.3 is 4.43 Å². The Morgan fingerprint density at radius 3 is 1.76 bits per heavy atom. The molecule has 0 heterocycles. The maximum atomic E-state index is 11.6. The van der Waals surface area contributed by atoms with Gasteiger partial charge in [0.25, 0.3) is 0 Å². The number of hydrogen-bond acceptors (Lipinski definition) is 2. The summed E-state index contributed by atoms with van der Waals surface area (Å²) >= 11 is 0. The maximum absolute atomic E-state index is 11.6. The van der Waals surface area contributed by atoms with Crippen molar-refractivity contribution in [1.29, 1.82) is 0 Å². The molecule has 0 aromatic heterocycles. The maximum Gasteiger partial charge on any atom is 0.192 e. The van der Waals surface area contributed by atoms with Gasteiger partial charge in [0.1, 0.15) is 5.78 Å². The summed E-state index contributed by atoms with van der Waals surface area (Å²) in [5.74, 6) is 0.592. The van der Waals surface area contributed by atoms with E-state index in [0.717, 1.165) is 0 Å². The fourth-order valence-corrected chi connectivity index (χ4v) is 3.07. The monoisotopic (exact) mass is 258 g/mol. The molecule has 0 aromatic carbocycles. The molecule has 0 unspecified atom stereocenters. The summed E-state index contributed by atoms with van der Waals surface area (Å²) < 4.78 is 6.40. The largest absolute Gasteiger partial charge is 0.413 e. The number of carbonyl (C=O) groups excluding carboxylic acids is 1. The van der Waals surface area contributed by atoms with Crippen LogP contribution in [0.3, 0.4) is 0 Å². The number of ketones is 1. The van der Waals surface area contributed by atoms with E-state index in [1.54, 1.807) is 6.92 Å². The average Bonchev–Trinajstić information content (AvgIpc) is 2.10. The normalized spacial score (nSPS) is 17.1. The van der Waals surface area contributed by atoms with Crippen LogP contribution >= 0.6 is 0 Å². The van der Waals surface area contributed by atoms with E-state index in [1.165, 1.54) is 0 Å². The first-order valence-electron chi connectivity index (χ1n) is 6.58. The van der Waals surface area contributed by atoms with Crippen LogP contribution in [-0.4, -0.2) is 20.2 Å². The summed E-state index contributed by atoms with van der Waals surface area (Å²) in [6.45, 7) is 19.1. The summed E-state index contributed by atoms with van der Waals surface area (Å²) in [6, 6.07) is 0. The fraction of sp³-hybridized carbons (Fsp3) is 0.929. The first-order valence-corrected chi connectivity index (χ1v) is 9.49. The summed E-state index contributed by atoms with van der Waals surface area (Å²) in [4.78, 5) is 11.6. The van der Waals surface area contributed by atoms with E-state index in [0.29, 0.717) is 5.92 Å². The van der Waals surface area contributed by atoms with E-state index in [-0.39, 0.29) is 22.8 Å². The van der Waals surface area contributed by atoms with Crippen LogP contribution in [0.15, 0.2) is 0 Å². The number of rotatable bonds is 5. The molecule has 0 fully saturated rings. The molecule has 0 bridgehead atoms. The van der Waals surface area contributed by atoms with Crippen molar-refractivity contribution in [3.8, 4) is 0 Å². The molecule has 0 spiro atoms. The number of Topliss-reactive ketones (excluding diaryl/α,β-unsaturated/α-hetero) is 1. The van der Waals surface area contributed by atoms with Gasteiger partial charge >= 0.3 is 0 Å². The quantitative estimate of drug-likeness (QED) is 0.689. The first-order chi connectivity index (χ1) is 7.40. The summed E-state index contributed by atoms with van der Waals surface area (Å²) in [7, 11) is -1.79. The Morgan fingerprint density at radius 1 is 1.12 bits per heavy atom. The van der Waals surface area contributed by atoms with Crippen LogP contribution < -0.4 is 0 Å². The Balaban J connectivity index is 4.96. The SMILES string of the molecule is CC(=O)[C@H](C)[C@@H](O[Si](C)(C)C(C)(C)C)C(C)C. The van der Waals surface area contributed by atoms with Crippen LogP contribution in [0.5, 0.6) is 0 Å². The molecule has 0 aliphatic carbocycles. The molecule has 0 saturated carbocycles. The predicted molar refractivity (Wildman–Crippen MR) is 76.8 cm³/mol. The van der Waals surface area contributed by atoms with Crippen LogP contribution in [0.1, 0.15) is 48.5 Å². The van der Waals surface area contributed by atoms with Gasteiger partial charge in [-0.25, -0.2) is 0 Å². The zero-order valence-electron chi connectivity index (χ0n) is 13.0. The van der Waals surface area contributed by atoms with Gasteiger partial charge in [-0.15, -0.1) is 0 Å². The second-order valence-electron chi connectivity index (χ2n) is 6.99. The third-order valence-electron chi connectivity index (χ3n) is 4.03. The van der Waals surface area contributed by atoms with Crippen LogP contribution in [0.4, 0.5) is 0 Å². The van der Waals surface area contributed by atoms with Crippen molar-refractivity contribution < 1.29 is 9.22 Å². The Morgan fingerprint density at radius 2 is 1.53 bits per heavy atom. The molecule has 0 aromatic rings. The predicted octanol–water partition coefficient (Wildman–Crippen LogP) is 4.26. The van der Waals surface area contributed by atoms with Crippen LogP contribution in [0, 0.1) is 11.8 Å². The first kappa shape index (κ1) is 16.8. The standard InChI is InChI=1S/C14H30O2Si/c1-10(2)13(11(3)12(4)15)16-17(8,9)14(5,6)7/h10-11,13H,1-9H3/t11-,13-/m0/s1. The second kappa shape index (κ2) is 5.66. The highest BCUT2D eigenvalue weighted by Gasteiger charge is 2.41. The minimum atomic E-state index is -1.79. The highest BCUT2D eigenvalue weighted by atomic mass is 28.4. The lowest BCUT2D eigenvalue weighted by atomic mass is 9.92. The molecular formula is C14H30O2Si. The van der Waals surface area contributed by atoms with Gasteiger partial charge in [0.15, 0.2) is 8.32 Å². The second-order valence-corrected chi connectivity index (χ2v) is 11.7. The Bertz CT molecular complexity index is 264. The Labute approximate surface area is 108 Å². The van der Waals surface area contributed by atoms with Crippen molar-refractivity contribution >= 4 is 14.1 Å². The third kappa shape index (κ3) is 4.55. The van der Waals surface area contributed by atoms with E-state index in [2.05, 4.69) is 47.7 Å². The van der Waals surface area contributed by atoms with Gasteiger partial charge in [-0.1, -0.05) is 41.5 Å². The fourth-order valence-electron chi connectivity index (χ4n) is 1.56. The van der Waals surface area contributed by atoms with Crippen LogP contribution in [-0.2, 0) is 9.22 Å². The van der Waals surface area contributed by atoms with Gasteiger partial charge in [0.2, 0.25) is 0 Å². The van der Waals surface area contributed by atoms with E-state index in [4.69, 9.17) is 4.43 Å². The van der Waals surface area contributed by atoms with Gasteiger partial charge in [-0.3, -0.25) is 4.79 Å². The highest BCUT2D eigenvalue weighted by molar-refractivity contribution is 6.74. The van der Waals surface area contributed by atoms with Crippen molar-refractivity contribution in [2.45, 2.75) is 72.7 Å². The topological polar surface area (TPSA) is 26.3 Å². The molecule has 0 aliphatic heterocycles. The number of hydrogen-bond donors (Lipinski definition) is 0. The molecule has 102 valence electrons. The zero-order chi connectivity index (χ0) is 14.0. The molecule has 0 amide bonds.